The molecule has 3 aromatic heterocycles. The van der Waals surface area contributed by atoms with Gasteiger partial charge in [0, 0.05) is 18.0 Å². The number of hydrogen-bond donors (Lipinski definition) is 0. The van der Waals surface area contributed by atoms with Gasteiger partial charge < -0.3 is 9.64 Å². The number of ether oxygens (including phenoxy) is 1. The monoisotopic (exact) mass is 450 g/mol. The molecule has 0 spiro atoms. The third-order valence-electron chi connectivity index (χ3n) is 5.02. The lowest BCUT2D eigenvalue weighted by Crippen LogP contribution is -2.38. The van der Waals surface area contributed by atoms with E-state index < -0.39 is 5.97 Å². The van der Waals surface area contributed by atoms with Gasteiger partial charge in [-0.05, 0) is 47.0 Å². The first-order valence-corrected chi connectivity index (χ1v) is 11.5. The first kappa shape index (κ1) is 19.7. The van der Waals surface area contributed by atoms with Crippen LogP contribution in [0.1, 0.15) is 21.1 Å². The van der Waals surface area contributed by atoms with Crippen LogP contribution in [0.3, 0.4) is 0 Å². The molecule has 31 heavy (non-hydrogen) atoms. The molecule has 0 fully saturated rings. The number of amides is 1. The molecule has 4 heterocycles. The Labute approximate surface area is 186 Å². The van der Waals surface area contributed by atoms with E-state index in [0.29, 0.717) is 18.9 Å². The number of carbonyl (C=O) groups excluding carboxylic acids is 2. The Morgan fingerprint density at radius 1 is 1.03 bits per heavy atom. The maximum atomic E-state index is 12.6. The zero-order valence-electron chi connectivity index (χ0n) is 16.4. The van der Waals surface area contributed by atoms with Crippen molar-refractivity contribution in [1.82, 2.24) is 19.7 Å². The van der Waals surface area contributed by atoms with Crippen molar-refractivity contribution in [2.45, 2.75) is 13.0 Å². The van der Waals surface area contributed by atoms with E-state index in [1.54, 1.807) is 20.9 Å². The van der Waals surface area contributed by atoms with Gasteiger partial charge in [-0.2, -0.15) is 4.98 Å². The van der Waals surface area contributed by atoms with Crippen molar-refractivity contribution in [1.29, 1.82) is 0 Å². The maximum Gasteiger partial charge on any atom is 0.378 e. The van der Waals surface area contributed by atoms with Gasteiger partial charge in [-0.15, -0.1) is 27.8 Å². The highest BCUT2D eigenvalue weighted by atomic mass is 32.1. The third-order valence-corrected chi connectivity index (χ3v) is 6.91. The molecule has 1 aliphatic heterocycles. The topological polar surface area (TPSA) is 77.3 Å². The molecule has 5 rings (SSSR count). The van der Waals surface area contributed by atoms with Gasteiger partial charge >= 0.3 is 5.97 Å². The van der Waals surface area contributed by atoms with Crippen molar-refractivity contribution < 1.29 is 14.3 Å². The van der Waals surface area contributed by atoms with Crippen molar-refractivity contribution in [2.75, 3.05) is 13.2 Å². The number of hydrogen-bond acceptors (Lipinski definition) is 7. The molecule has 1 aromatic carbocycles. The number of carbonyl (C=O) groups is 2. The average Bonchev–Trinajstić information content (AvgIpc) is 3.57. The Morgan fingerprint density at radius 2 is 1.90 bits per heavy atom. The molecule has 0 bridgehead atoms. The highest BCUT2D eigenvalue weighted by molar-refractivity contribution is 7.13. The molecule has 0 saturated heterocycles. The highest BCUT2D eigenvalue weighted by Gasteiger charge is 2.25. The molecular formula is C22H18N4O3S2. The third kappa shape index (κ3) is 4.01. The zero-order chi connectivity index (χ0) is 21.2. The van der Waals surface area contributed by atoms with Crippen LogP contribution in [-0.2, 0) is 22.5 Å². The molecule has 1 amide bonds. The van der Waals surface area contributed by atoms with Gasteiger partial charge in [0.15, 0.2) is 12.4 Å². The Morgan fingerprint density at radius 3 is 2.71 bits per heavy atom. The Hall–Kier alpha value is -3.30. The Kier molecular flexibility index (Phi) is 5.35. The van der Waals surface area contributed by atoms with Crippen LogP contribution in [0.25, 0.3) is 16.4 Å². The fraction of sp³-hybridized carbons (Fsp3) is 0.182. The predicted octanol–water partition coefficient (Wildman–Crippen LogP) is 3.80. The van der Waals surface area contributed by atoms with Gasteiger partial charge in [0.25, 0.3) is 11.7 Å². The molecule has 0 radical (unpaired) electrons. The van der Waals surface area contributed by atoms with Crippen LogP contribution in [0.2, 0.25) is 0 Å². The summed E-state index contributed by atoms with van der Waals surface area (Å²) >= 11 is 3.22. The van der Waals surface area contributed by atoms with E-state index in [2.05, 4.69) is 10.1 Å². The number of aromatic nitrogens is 3. The van der Waals surface area contributed by atoms with Crippen LogP contribution < -0.4 is 0 Å². The SMILES string of the molecule is O=C(OCC(=O)N1CCc2sccc2C1)c1nc(-c2cccs2)n(-c2ccccc2)n1. The summed E-state index contributed by atoms with van der Waals surface area (Å²) in [6, 6.07) is 15.3. The fourth-order valence-electron chi connectivity index (χ4n) is 3.46. The van der Waals surface area contributed by atoms with Crippen LogP contribution in [0.5, 0.6) is 0 Å². The quantitative estimate of drug-likeness (QED) is 0.432. The van der Waals surface area contributed by atoms with Crippen LogP contribution in [-0.4, -0.2) is 44.7 Å². The van der Waals surface area contributed by atoms with Gasteiger partial charge in [-0.1, -0.05) is 24.3 Å². The van der Waals surface area contributed by atoms with E-state index >= 15 is 0 Å². The molecule has 7 nitrogen and oxygen atoms in total. The number of benzene rings is 1. The molecule has 156 valence electrons. The summed E-state index contributed by atoms with van der Waals surface area (Å²) in [5.74, 6) is -0.445. The zero-order valence-corrected chi connectivity index (χ0v) is 18.1. The summed E-state index contributed by atoms with van der Waals surface area (Å²) < 4.78 is 6.89. The lowest BCUT2D eigenvalue weighted by molar-refractivity contribution is -0.135. The molecule has 0 unspecified atom stereocenters. The van der Waals surface area contributed by atoms with Crippen molar-refractivity contribution in [3.63, 3.8) is 0 Å². The van der Waals surface area contributed by atoms with Gasteiger partial charge in [-0.3, -0.25) is 4.79 Å². The number of fused-ring (bicyclic) bond motifs is 1. The van der Waals surface area contributed by atoms with Crippen LogP contribution in [0.4, 0.5) is 0 Å². The van der Waals surface area contributed by atoms with Gasteiger partial charge in [-0.25, -0.2) is 9.48 Å². The summed E-state index contributed by atoms with van der Waals surface area (Å²) in [5, 5.41) is 8.34. The molecule has 9 heteroatoms. The lowest BCUT2D eigenvalue weighted by atomic mass is 10.1. The smallest absolute Gasteiger partial charge is 0.378 e. The fourth-order valence-corrected chi connectivity index (χ4v) is 5.05. The molecule has 0 saturated carbocycles. The minimum absolute atomic E-state index is 0.0705. The standard InChI is InChI=1S/C22H18N4O3S2/c27-19(25-10-8-17-15(13-25)9-12-31-17)14-29-22(28)20-23-21(18-7-4-11-30-18)26(24-20)16-5-2-1-3-6-16/h1-7,9,11-12H,8,10,13-14H2. The largest absolute Gasteiger partial charge is 0.450 e. The van der Waals surface area contributed by atoms with Crippen molar-refractivity contribution in [3.8, 4) is 16.4 Å². The van der Waals surface area contributed by atoms with E-state index in [-0.39, 0.29) is 18.3 Å². The first-order chi connectivity index (χ1) is 15.2. The molecular weight excluding hydrogens is 432 g/mol. The van der Waals surface area contributed by atoms with E-state index in [4.69, 9.17) is 4.74 Å². The average molecular weight is 451 g/mol. The van der Waals surface area contributed by atoms with Crippen molar-refractivity contribution in [2.24, 2.45) is 0 Å². The summed E-state index contributed by atoms with van der Waals surface area (Å²) in [4.78, 5) is 33.5. The van der Waals surface area contributed by atoms with E-state index in [1.165, 1.54) is 21.8 Å². The van der Waals surface area contributed by atoms with Gasteiger partial charge in [0.05, 0.1) is 10.6 Å². The molecule has 0 N–H and O–H groups in total. The summed E-state index contributed by atoms with van der Waals surface area (Å²) in [6.07, 6.45) is 0.833. The normalized spacial score (nSPS) is 13.1. The summed E-state index contributed by atoms with van der Waals surface area (Å²) in [6.45, 7) is 0.860. The molecule has 4 aromatic rings. The number of rotatable bonds is 5. The van der Waals surface area contributed by atoms with E-state index in [9.17, 15) is 9.59 Å². The Bertz CT molecular complexity index is 1210. The van der Waals surface area contributed by atoms with Gasteiger partial charge in [0.1, 0.15) is 0 Å². The minimum Gasteiger partial charge on any atom is -0.450 e. The maximum absolute atomic E-state index is 12.6. The molecule has 0 aliphatic carbocycles. The molecule has 0 atom stereocenters. The number of para-hydroxylation sites is 1. The van der Waals surface area contributed by atoms with Crippen molar-refractivity contribution in [3.05, 3.63) is 75.6 Å². The van der Waals surface area contributed by atoms with Crippen LogP contribution in [0.15, 0.2) is 59.3 Å². The van der Waals surface area contributed by atoms with Gasteiger partial charge in [0.2, 0.25) is 0 Å². The van der Waals surface area contributed by atoms with Crippen molar-refractivity contribution >= 4 is 34.6 Å². The second-order valence-corrected chi connectivity index (χ2v) is 8.94. The number of esters is 1. The second-order valence-electron chi connectivity index (χ2n) is 6.99. The minimum atomic E-state index is -0.714. The summed E-state index contributed by atoms with van der Waals surface area (Å²) in [5.41, 5.74) is 1.95. The van der Waals surface area contributed by atoms with E-state index in [1.807, 2.05) is 59.3 Å². The second kappa shape index (κ2) is 8.44. The first-order valence-electron chi connectivity index (χ1n) is 9.75. The highest BCUT2D eigenvalue weighted by Crippen LogP contribution is 2.26. The van der Waals surface area contributed by atoms with E-state index in [0.717, 1.165) is 17.0 Å². The predicted molar refractivity (Wildman–Crippen MR) is 118 cm³/mol. The lowest BCUT2D eigenvalue weighted by Gasteiger charge is -2.26. The van der Waals surface area contributed by atoms with Crippen LogP contribution in [0, 0.1) is 0 Å². The Balaban J connectivity index is 1.31. The number of thiophene rings is 2. The van der Waals surface area contributed by atoms with Crippen LogP contribution >= 0.6 is 22.7 Å². The summed E-state index contributed by atoms with van der Waals surface area (Å²) in [7, 11) is 0. The molecule has 1 aliphatic rings. The number of nitrogens with zero attached hydrogens (tertiary/aromatic N) is 4.